The Morgan fingerprint density at radius 3 is 2.46 bits per heavy atom. The summed E-state index contributed by atoms with van der Waals surface area (Å²) >= 11 is 0. The Kier molecular flexibility index (Phi) is 7.49. The van der Waals surface area contributed by atoms with E-state index in [1.807, 2.05) is 0 Å². The zero-order chi connectivity index (χ0) is 29.4. The lowest BCUT2D eigenvalue weighted by atomic mass is 10.1. The monoisotopic (exact) mass is 595 g/mol. The van der Waals surface area contributed by atoms with Gasteiger partial charge in [-0.1, -0.05) is 5.92 Å². The summed E-state index contributed by atoms with van der Waals surface area (Å²) in [6.45, 7) is -0.226. The van der Waals surface area contributed by atoms with E-state index < -0.39 is 37.7 Å². The minimum atomic E-state index is -4.03. The van der Waals surface area contributed by atoms with E-state index in [9.17, 15) is 26.8 Å². The van der Waals surface area contributed by atoms with Crippen LogP contribution < -0.4 is 9.87 Å². The van der Waals surface area contributed by atoms with Crippen molar-refractivity contribution in [3.63, 3.8) is 0 Å². The van der Waals surface area contributed by atoms with Gasteiger partial charge in [0.2, 0.25) is 15.8 Å². The molecule has 3 N–H and O–H groups in total. The largest absolute Gasteiger partial charge is 0.619 e. The van der Waals surface area contributed by atoms with E-state index in [4.69, 9.17) is 11.6 Å². The first-order chi connectivity index (χ1) is 19.4. The summed E-state index contributed by atoms with van der Waals surface area (Å²) < 4.78 is 52.4. The Bertz CT molecular complexity index is 1870. The number of sulfonamides is 2. The zero-order valence-corrected chi connectivity index (χ0v) is 23.2. The van der Waals surface area contributed by atoms with Gasteiger partial charge in [0, 0.05) is 72.2 Å². The number of terminal acetylenes is 1. The van der Waals surface area contributed by atoms with Crippen molar-refractivity contribution in [2.75, 3.05) is 25.4 Å². The number of carbonyl (C=O) groups is 1. The molecule has 1 aromatic carbocycles. The number of hydrogen-bond acceptors (Lipinski definition) is 8. The number of primary sulfonamides is 1. The normalized spacial score (nSPS) is 16.5. The zero-order valence-electron chi connectivity index (χ0n) is 21.5. The van der Waals surface area contributed by atoms with Crippen molar-refractivity contribution in [2.45, 2.75) is 17.5 Å². The Labute approximate surface area is 236 Å². The molecule has 4 heterocycles. The molecule has 0 bridgehead atoms. The summed E-state index contributed by atoms with van der Waals surface area (Å²) in [6, 6.07) is 8.92. The van der Waals surface area contributed by atoms with E-state index >= 15 is 0 Å². The Balaban J connectivity index is 1.39. The van der Waals surface area contributed by atoms with Crippen LogP contribution in [-0.2, 0) is 20.0 Å². The molecule has 13 nitrogen and oxygen atoms in total. The number of nitrogens with zero attached hydrogens (tertiary/aromatic N) is 5. The van der Waals surface area contributed by atoms with Gasteiger partial charge >= 0.3 is 0 Å². The molecule has 1 aliphatic rings. The van der Waals surface area contributed by atoms with Gasteiger partial charge < -0.3 is 15.1 Å². The summed E-state index contributed by atoms with van der Waals surface area (Å²) in [5.41, 5.74) is 2.45. The van der Waals surface area contributed by atoms with Crippen molar-refractivity contribution in [3.05, 3.63) is 77.8 Å². The van der Waals surface area contributed by atoms with Crippen LogP contribution in [0.15, 0.2) is 66.2 Å². The predicted octanol–water partition coefficient (Wildman–Crippen LogP) is 0.434. The van der Waals surface area contributed by atoms with Crippen LogP contribution in [0.2, 0.25) is 0 Å². The number of amides is 1. The highest BCUT2D eigenvalue weighted by Crippen LogP contribution is 2.26. The fourth-order valence-electron chi connectivity index (χ4n) is 4.65. The number of H-pyrrole nitrogens is 1. The van der Waals surface area contributed by atoms with E-state index in [0.717, 1.165) is 0 Å². The molecule has 41 heavy (non-hydrogen) atoms. The molecule has 0 saturated carbocycles. The summed E-state index contributed by atoms with van der Waals surface area (Å²) in [7, 11) is -7.92. The topological polar surface area (TPSA) is 186 Å². The lowest BCUT2D eigenvalue weighted by Crippen LogP contribution is -2.57. The number of fused-ring (bicyclic) bond motifs is 1. The molecule has 3 aromatic heterocycles. The quantitative estimate of drug-likeness (QED) is 0.175. The first-order valence-electron chi connectivity index (χ1n) is 12.4. The first kappa shape index (κ1) is 28.2. The number of aromatic nitrogens is 4. The van der Waals surface area contributed by atoms with Gasteiger partial charge in [-0.3, -0.25) is 4.79 Å². The van der Waals surface area contributed by atoms with E-state index in [2.05, 4.69) is 20.9 Å². The lowest BCUT2D eigenvalue weighted by molar-refractivity contribution is -0.605. The van der Waals surface area contributed by atoms with Gasteiger partial charge in [-0.2, -0.15) is 9.04 Å². The van der Waals surface area contributed by atoms with Crippen LogP contribution in [0.3, 0.4) is 0 Å². The van der Waals surface area contributed by atoms with E-state index in [1.165, 1.54) is 40.1 Å². The standard InChI is InChI=1S/C26H25N7O6S2/c1-2-18-3-4-23-20(13-18)14-24(30-23)41(38,39)32-10-11-33(22(17-32)7-12-40(27,36)37)26(34)25-28-15-21(16-29-25)19-5-8-31(35)9-6-19/h1,3-6,8-9,13-16,22,30H,7,10-12,17H2,(H2,27,36,37). The average molecular weight is 596 g/mol. The Morgan fingerprint density at radius 2 is 1.80 bits per heavy atom. The molecule has 212 valence electrons. The molecule has 0 aliphatic carbocycles. The third-order valence-electron chi connectivity index (χ3n) is 6.80. The number of aromatic amines is 1. The van der Waals surface area contributed by atoms with Crippen LogP contribution >= 0.6 is 0 Å². The fourth-order valence-corrected chi connectivity index (χ4v) is 6.74. The molecule has 0 radical (unpaired) electrons. The van der Waals surface area contributed by atoms with Gasteiger partial charge in [-0.25, -0.2) is 31.9 Å². The molecule has 1 unspecified atom stereocenters. The summed E-state index contributed by atoms with van der Waals surface area (Å²) in [4.78, 5) is 26.0. The van der Waals surface area contributed by atoms with Crippen LogP contribution in [0, 0.1) is 17.6 Å². The predicted molar refractivity (Wildman–Crippen MR) is 149 cm³/mol. The number of pyridine rings is 1. The highest BCUT2D eigenvalue weighted by molar-refractivity contribution is 7.89. The maximum absolute atomic E-state index is 13.6. The molecule has 15 heteroatoms. The lowest BCUT2D eigenvalue weighted by Gasteiger charge is -2.40. The molecule has 1 aliphatic heterocycles. The molecule has 1 fully saturated rings. The molecule has 4 aromatic rings. The van der Waals surface area contributed by atoms with Crippen LogP contribution in [0.4, 0.5) is 0 Å². The van der Waals surface area contributed by atoms with E-state index in [1.54, 1.807) is 30.3 Å². The number of nitrogens with two attached hydrogens (primary N) is 1. The smallest absolute Gasteiger partial charge is 0.291 e. The first-order valence-corrected chi connectivity index (χ1v) is 15.5. The number of nitrogens with one attached hydrogen (secondary N) is 1. The third-order valence-corrected chi connectivity index (χ3v) is 9.39. The molecule has 1 amide bonds. The minimum absolute atomic E-state index is 0.0257. The van der Waals surface area contributed by atoms with E-state index in [-0.39, 0.29) is 36.9 Å². The van der Waals surface area contributed by atoms with Crippen molar-refractivity contribution in [3.8, 4) is 23.5 Å². The second-order valence-electron chi connectivity index (χ2n) is 9.49. The third kappa shape index (κ3) is 6.05. The van der Waals surface area contributed by atoms with Crippen LogP contribution in [0.25, 0.3) is 22.0 Å². The van der Waals surface area contributed by atoms with E-state index in [0.29, 0.717) is 32.3 Å². The fraction of sp³-hybridized carbons (Fsp3) is 0.231. The maximum atomic E-state index is 13.6. The van der Waals surface area contributed by atoms with Crippen molar-refractivity contribution < 1.29 is 26.4 Å². The van der Waals surface area contributed by atoms with Gasteiger partial charge in [0.25, 0.3) is 15.9 Å². The van der Waals surface area contributed by atoms with Gasteiger partial charge in [0.1, 0.15) is 5.03 Å². The molecular weight excluding hydrogens is 570 g/mol. The molecule has 5 rings (SSSR count). The van der Waals surface area contributed by atoms with Crippen molar-refractivity contribution in [1.82, 2.24) is 24.2 Å². The van der Waals surface area contributed by atoms with Crippen molar-refractivity contribution >= 4 is 36.9 Å². The molecular formula is C26H25N7O6S2. The van der Waals surface area contributed by atoms with Crippen molar-refractivity contribution in [2.24, 2.45) is 5.14 Å². The van der Waals surface area contributed by atoms with Gasteiger partial charge in [0.15, 0.2) is 12.4 Å². The highest BCUT2D eigenvalue weighted by atomic mass is 32.2. The number of hydrogen-bond donors (Lipinski definition) is 2. The molecule has 1 atom stereocenters. The Hall–Kier alpha value is -4.36. The van der Waals surface area contributed by atoms with Crippen LogP contribution in [0.1, 0.15) is 22.6 Å². The second kappa shape index (κ2) is 10.9. The average Bonchev–Trinajstić information content (AvgIpc) is 3.40. The summed E-state index contributed by atoms with van der Waals surface area (Å²) in [5, 5.41) is 17.1. The highest BCUT2D eigenvalue weighted by Gasteiger charge is 2.38. The SMILES string of the molecule is C#Cc1ccc2[nH]c(S(=O)(=O)N3CCN(C(=O)c4ncc(-c5cc[n+]([O-])cc5)cn4)C(CCS(N)(=O)=O)C3)cc2c1. The summed E-state index contributed by atoms with van der Waals surface area (Å²) in [6.07, 6.45) is 10.9. The number of benzene rings is 1. The van der Waals surface area contributed by atoms with Crippen molar-refractivity contribution in [1.29, 1.82) is 0 Å². The van der Waals surface area contributed by atoms with Gasteiger partial charge in [0.05, 0.1) is 5.75 Å². The number of piperazine rings is 1. The summed E-state index contributed by atoms with van der Waals surface area (Å²) in [5.74, 6) is 1.34. The maximum Gasteiger partial charge on any atom is 0.291 e. The van der Waals surface area contributed by atoms with Crippen LogP contribution in [0.5, 0.6) is 0 Å². The molecule has 0 spiro atoms. The van der Waals surface area contributed by atoms with Gasteiger partial charge in [-0.05, 0) is 36.2 Å². The minimum Gasteiger partial charge on any atom is -0.619 e. The van der Waals surface area contributed by atoms with Gasteiger partial charge in [-0.15, -0.1) is 6.42 Å². The Morgan fingerprint density at radius 1 is 1.10 bits per heavy atom. The second-order valence-corrected chi connectivity index (χ2v) is 13.1. The number of rotatable bonds is 7. The number of carbonyl (C=O) groups excluding carboxylic acids is 1. The van der Waals surface area contributed by atoms with Crippen LogP contribution in [-0.4, -0.2) is 78.3 Å². The molecule has 1 saturated heterocycles.